The van der Waals surface area contributed by atoms with Gasteiger partial charge in [0, 0.05) is 17.3 Å². The zero-order chi connectivity index (χ0) is 9.40. The van der Waals surface area contributed by atoms with Crippen LogP contribution in [0.15, 0.2) is 11.0 Å². The molecule has 0 aliphatic rings. The van der Waals surface area contributed by atoms with E-state index in [1.165, 1.54) is 11.5 Å². The molecule has 0 spiro atoms. The molecule has 0 saturated heterocycles. The average Bonchev–Trinajstić information content (AvgIpc) is 1.95. The lowest BCUT2D eigenvalue weighted by molar-refractivity contribution is 1.11. The molecule has 3 heteroatoms. The minimum atomic E-state index is 0.771. The first-order valence-electron chi connectivity index (χ1n) is 4.18. The van der Waals surface area contributed by atoms with Gasteiger partial charge in [0.2, 0.25) is 0 Å². The Kier molecular flexibility index (Phi) is 8.94. The van der Waals surface area contributed by atoms with Crippen LogP contribution in [0.2, 0.25) is 0 Å². The SMILES string of the molecule is C/C(S)=C\CSCCSC(C)C. The molecule has 0 nitrogen and oxygen atoms in total. The van der Waals surface area contributed by atoms with Crippen LogP contribution in [-0.2, 0) is 0 Å². The Bertz CT molecular complexity index is 126. The van der Waals surface area contributed by atoms with Gasteiger partial charge in [0.15, 0.2) is 0 Å². The molecule has 0 aromatic carbocycles. The maximum atomic E-state index is 4.20. The van der Waals surface area contributed by atoms with Crippen molar-refractivity contribution in [3.63, 3.8) is 0 Å². The summed E-state index contributed by atoms with van der Waals surface area (Å²) in [6, 6.07) is 0. The molecule has 72 valence electrons. The zero-order valence-corrected chi connectivity index (χ0v) is 10.6. The van der Waals surface area contributed by atoms with E-state index in [-0.39, 0.29) is 0 Å². The van der Waals surface area contributed by atoms with Crippen molar-refractivity contribution in [2.45, 2.75) is 26.0 Å². The van der Waals surface area contributed by atoms with Crippen LogP contribution in [0.1, 0.15) is 20.8 Å². The Balaban J connectivity index is 3.06. The van der Waals surface area contributed by atoms with Gasteiger partial charge in [-0.1, -0.05) is 19.9 Å². The smallest absolute Gasteiger partial charge is 0.0124 e. The topological polar surface area (TPSA) is 0 Å². The highest BCUT2D eigenvalue weighted by Gasteiger charge is 1.93. The molecule has 0 fully saturated rings. The minimum Gasteiger partial charge on any atom is -0.158 e. The lowest BCUT2D eigenvalue weighted by Gasteiger charge is -2.02. The van der Waals surface area contributed by atoms with Gasteiger partial charge in [-0.25, -0.2) is 0 Å². The summed E-state index contributed by atoms with van der Waals surface area (Å²) in [5.74, 6) is 3.62. The predicted molar refractivity (Wildman–Crippen MR) is 67.7 cm³/mol. The highest BCUT2D eigenvalue weighted by molar-refractivity contribution is 8.03. The third-order valence-corrected chi connectivity index (χ3v) is 3.62. The number of hydrogen-bond acceptors (Lipinski definition) is 3. The number of hydrogen-bond donors (Lipinski definition) is 1. The van der Waals surface area contributed by atoms with Crippen molar-refractivity contribution < 1.29 is 0 Å². The standard InChI is InChI=1S/C9H18S3/c1-8(2)12-7-6-11-5-4-9(3)10/h4,8,10H,5-7H2,1-3H3/b9-4+. The fraction of sp³-hybridized carbons (Fsp3) is 0.778. The molecule has 12 heavy (non-hydrogen) atoms. The third-order valence-electron chi connectivity index (χ3n) is 1.18. The monoisotopic (exact) mass is 222 g/mol. The molecule has 0 N–H and O–H groups in total. The van der Waals surface area contributed by atoms with Crippen molar-refractivity contribution in [2.24, 2.45) is 0 Å². The van der Waals surface area contributed by atoms with E-state index in [4.69, 9.17) is 0 Å². The maximum Gasteiger partial charge on any atom is 0.0124 e. The van der Waals surface area contributed by atoms with Gasteiger partial charge < -0.3 is 0 Å². The van der Waals surface area contributed by atoms with Gasteiger partial charge in [0.05, 0.1) is 0 Å². The highest BCUT2D eigenvalue weighted by atomic mass is 32.2. The largest absolute Gasteiger partial charge is 0.158 e. The first-order valence-corrected chi connectivity index (χ1v) is 6.83. The summed E-state index contributed by atoms with van der Waals surface area (Å²) in [6.45, 7) is 6.51. The summed E-state index contributed by atoms with van der Waals surface area (Å²) in [5, 5.41) is 0.771. The first-order chi connectivity index (χ1) is 5.63. The van der Waals surface area contributed by atoms with Gasteiger partial charge in [-0.2, -0.15) is 23.5 Å². The molecule has 0 amide bonds. The van der Waals surface area contributed by atoms with Crippen LogP contribution in [0.5, 0.6) is 0 Å². The van der Waals surface area contributed by atoms with Crippen LogP contribution >= 0.6 is 36.2 Å². The van der Waals surface area contributed by atoms with Crippen LogP contribution in [0, 0.1) is 0 Å². The molecule has 0 atom stereocenters. The average molecular weight is 222 g/mol. The molecular formula is C9H18S3. The fourth-order valence-electron chi connectivity index (χ4n) is 0.606. The Hall–Kier alpha value is 0.790. The molecule has 0 aliphatic heterocycles. The number of thiol groups is 1. The zero-order valence-electron chi connectivity index (χ0n) is 8.04. The fourth-order valence-corrected chi connectivity index (χ4v) is 2.68. The Morgan fingerprint density at radius 3 is 2.58 bits per heavy atom. The van der Waals surface area contributed by atoms with Crippen LogP contribution in [0.4, 0.5) is 0 Å². The number of thioether (sulfide) groups is 2. The maximum absolute atomic E-state index is 4.20. The summed E-state index contributed by atoms with van der Waals surface area (Å²) in [7, 11) is 0. The van der Waals surface area contributed by atoms with Crippen LogP contribution < -0.4 is 0 Å². The molecule has 0 aromatic rings. The predicted octanol–water partition coefficient (Wildman–Crippen LogP) is 3.69. The molecule has 0 aliphatic carbocycles. The van der Waals surface area contributed by atoms with Crippen LogP contribution in [-0.4, -0.2) is 22.5 Å². The second-order valence-electron chi connectivity index (χ2n) is 2.84. The van der Waals surface area contributed by atoms with Crippen LogP contribution in [0.3, 0.4) is 0 Å². The van der Waals surface area contributed by atoms with Crippen molar-refractivity contribution in [2.75, 3.05) is 17.3 Å². The molecule has 0 heterocycles. The van der Waals surface area contributed by atoms with Gasteiger partial charge in [-0.3, -0.25) is 0 Å². The van der Waals surface area contributed by atoms with Gasteiger partial charge in [-0.05, 0) is 17.1 Å². The summed E-state index contributed by atoms with van der Waals surface area (Å²) in [5.41, 5.74) is 0. The lowest BCUT2D eigenvalue weighted by atomic mass is 10.6. The Morgan fingerprint density at radius 1 is 1.42 bits per heavy atom. The number of allylic oxidation sites excluding steroid dienone is 1. The van der Waals surface area contributed by atoms with Crippen molar-refractivity contribution in [3.8, 4) is 0 Å². The minimum absolute atomic E-state index is 0.771. The van der Waals surface area contributed by atoms with Crippen molar-refractivity contribution in [3.05, 3.63) is 11.0 Å². The molecule has 0 radical (unpaired) electrons. The number of rotatable bonds is 6. The summed E-state index contributed by atoms with van der Waals surface area (Å²) in [6.07, 6.45) is 2.16. The van der Waals surface area contributed by atoms with Crippen molar-refractivity contribution in [1.29, 1.82) is 0 Å². The third kappa shape index (κ3) is 10.8. The highest BCUT2D eigenvalue weighted by Crippen LogP contribution is 2.12. The van der Waals surface area contributed by atoms with Gasteiger partial charge in [0.1, 0.15) is 0 Å². The molecule has 0 saturated carbocycles. The van der Waals surface area contributed by atoms with E-state index in [1.54, 1.807) is 0 Å². The molecule has 0 unspecified atom stereocenters. The summed E-state index contributed by atoms with van der Waals surface area (Å²) >= 11 is 8.21. The van der Waals surface area contributed by atoms with E-state index in [0.29, 0.717) is 0 Å². The first kappa shape index (κ1) is 12.8. The van der Waals surface area contributed by atoms with Gasteiger partial charge in [0.25, 0.3) is 0 Å². The van der Waals surface area contributed by atoms with Crippen molar-refractivity contribution in [1.82, 2.24) is 0 Å². The molecule has 0 aromatic heterocycles. The van der Waals surface area contributed by atoms with E-state index < -0.39 is 0 Å². The molecular weight excluding hydrogens is 204 g/mol. The second-order valence-corrected chi connectivity index (χ2v) is 6.38. The quantitative estimate of drug-likeness (QED) is 0.537. The van der Waals surface area contributed by atoms with E-state index >= 15 is 0 Å². The lowest BCUT2D eigenvalue weighted by Crippen LogP contribution is -1.92. The van der Waals surface area contributed by atoms with Gasteiger partial charge in [-0.15, -0.1) is 12.6 Å². The summed E-state index contributed by atoms with van der Waals surface area (Å²) in [4.78, 5) is 1.12. The summed E-state index contributed by atoms with van der Waals surface area (Å²) < 4.78 is 0. The van der Waals surface area contributed by atoms with Crippen LogP contribution in [0.25, 0.3) is 0 Å². The van der Waals surface area contributed by atoms with E-state index in [1.807, 2.05) is 30.4 Å². The van der Waals surface area contributed by atoms with E-state index in [0.717, 1.165) is 15.9 Å². The van der Waals surface area contributed by atoms with E-state index in [9.17, 15) is 0 Å². The second kappa shape index (κ2) is 8.39. The molecule has 0 rings (SSSR count). The van der Waals surface area contributed by atoms with Gasteiger partial charge >= 0.3 is 0 Å². The Labute approximate surface area is 90.4 Å². The molecule has 0 bridgehead atoms. The van der Waals surface area contributed by atoms with E-state index in [2.05, 4.69) is 32.6 Å². The normalized spacial score (nSPS) is 12.6. The van der Waals surface area contributed by atoms with Crippen molar-refractivity contribution >= 4 is 36.2 Å². The Morgan fingerprint density at radius 2 is 2.08 bits per heavy atom.